The summed E-state index contributed by atoms with van der Waals surface area (Å²) in [6.07, 6.45) is -2.88. The highest BCUT2D eigenvalue weighted by atomic mass is 79.9. The predicted octanol–water partition coefficient (Wildman–Crippen LogP) is 3.35. The van der Waals surface area contributed by atoms with Crippen molar-refractivity contribution >= 4 is 27.7 Å². The number of amides is 2. The Bertz CT molecular complexity index is 745. The van der Waals surface area contributed by atoms with Crippen molar-refractivity contribution < 1.29 is 22.8 Å². The average Bonchev–Trinajstić information content (AvgIpc) is 3.49. The van der Waals surface area contributed by atoms with E-state index in [1.54, 1.807) is 12.1 Å². The topological polar surface area (TPSA) is 61.4 Å². The zero-order chi connectivity index (χ0) is 21.1. The van der Waals surface area contributed by atoms with Crippen LogP contribution in [-0.2, 0) is 4.79 Å². The number of hydrogen-bond acceptors (Lipinski definition) is 3. The van der Waals surface area contributed by atoms with Gasteiger partial charge in [-0.05, 0) is 62.9 Å². The molecule has 0 unspecified atom stereocenters. The molecule has 1 saturated carbocycles. The van der Waals surface area contributed by atoms with Crippen LogP contribution in [0.5, 0.6) is 0 Å². The van der Waals surface area contributed by atoms with Crippen LogP contribution in [0.1, 0.15) is 36.0 Å². The SMILES string of the molecule is O=C(NCC1CCN(CCNC(=O)C2(C(F)(F)F)CC2)CC1)c1cccc(Br)c1. The van der Waals surface area contributed by atoms with Gasteiger partial charge in [-0.25, -0.2) is 0 Å². The zero-order valence-electron chi connectivity index (χ0n) is 16.0. The first kappa shape index (κ1) is 22.1. The Labute approximate surface area is 176 Å². The molecule has 1 aromatic rings. The van der Waals surface area contributed by atoms with Crippen LogP contribution in [0.15, 0.2) is 28.7 Å². The quantitative estimate of drug-likeness (QED) is 0.635. The third kappa shape index (κ3) is 5.51. The standard InChI is InChI=1S/C20H25BrF3N3O2/c21-16-3-1-2-15(12-16)17(28)26-13-14-4-9-27(10-5-14)11-8-25-18(29)19(6-7-19)20(22,23)24/h1-3,12,14H,4-11,13H2,(H,25,29)(H,26,28). The van der Waals surface area contributed by atoms with Gasteiger partial charge in [0.1, 0.15) is 5.41 Å². The van der Waals surface area contributed by atoms with Gasteiger partial charge in [-0.15, -0.1) is 0 Å². The number of hydrogen-bond donors (Lipinski definition) is 2. The fourth-order valence-electron chi connectivity index (χ4n) is 3.64. The summed E-state index contributed by atoms with van der Waals surface area (Å²) in [6.45, 7) is 2.97. The molecule has 0 aromatic heterocycles. The van der Waals surface area contributed by atoms with Crippen LogP contribution in [0.3, 0.4) is 0 Å². The lowest BCUT2D eigenvalue weighted by Crippen LogP contribution is -2.45. The fraction of sp³-hybridized carbons (Fsp3) is 0.600. The van der Waals surface area contributed by atoms with Gasteiger partial charge in [0.05, 0.1) is 0 Å². The Morgan fingerprint density at radius 1 is 1.17 bits per heavy atom. The van der Waals surface area contributed by atoms with Crippen LogP contribution in [0.2, 0.25) is 0 Å². The molecular formula is C20H25BrF3N3O2. The number of likely N-dealkylation sites (tertiary alicyclic amines) is 1. The number of halogens is 4. The first-order valence-corrected chi connectivity index (χ1v) is 10.6. The van der Waals surface area contributed by atoms with Gasteiger partial charge in [0.25, 0.3) is 5.91 Å². The van der Waals surface area contributed by atoms with Crippen LogP contribution in [0.4, 0.5) is 13.2 Å². The average molecular weight is 476 g/mol. The van der Waals surface area contributed by atoms with Gasteiger partial charge in [0.15, 0.2) is 0 Å². The van der Waals surface area contributed by atoms with Crippen molar-refractivity contribution in [3.05, 3.63) is 34.3 Å². The summed E-state index contributed by atoms with van der Waals surface area (Å²) in [7, 11) is 0. The minimum absolute atomic E-state index is 0.102. The molecule has 3 rings (SSSR count). The number of carbonyl (C=O) groups is 2. The van der Waals surface area contributed by atoms with Crippen LogP contribution >= 0.6 is 15.9 Å². The van der Waals surface area contributed by atoms with Crippen LogP contribution in [-0.4, -0.2) is 55.6 Å². The van der Waals surface area contributed by atoms with Crippen molar-refractivity contribution in [1.29, 1.82) is 0 Å². The van der Waals surface area contributed by atoms with Crippen molar-refractivity contribution in [3.63, 3.8) is 0 Å². The van der Waals surface area contributed by atoms with Gasteiger partial charge in [0, 0.05) is 29.7 Å². The van der Waals surface area contributed by atoms with Crippen molar-refractivity contribution in [3.8, 4) is 0 Å². The van der Waals surface area contributed by atoms with Gasteiger partial charge in [-0.2, -0.15) is 13.2 Å². The highest BCUT2D eigenvalue weighted by Crippen LogP contribution is 2.57. The highest BCUT2D eigenvalue weighted by Gasteiger charge is 2.68. The molecule has 29 heavy (non-hydrogen) atoms. The van der Waals surface area contributed by atoms with E-state index in [1.165, 1.54) is 0 Å². The first-order valence-electron chi connectivity index (χ1n) is 9.82. The van der Waals surface area contributed by atoms with E-state index in [0.717, 1.165) is 30.4 Å². The molecule has 0 bridgehead atoms. The van der Waals surface area contributed by atoms with E-state index in [4.69, 9.17) is 0 Å². The van der Waals surface area contributed by atoms with E-state index in [-0.39, 0.29) is 25.3 Å². The number of rotatable bonds is 7. The van der Waals surface area contributed by atoms with Crippen molar-refractivity contribution in [2.24, 2.45) is 11.3 Å². The molecule has 1 heterocycles. The van der Waals surface area contributed by atoms with E-state index in [0.29, 0.717) is 24.6 Å². The van der Waals surface area contributed by atoms with E-state index < -0.39 is 17.5 Å². The molecule has 1 saturated heterocycles. The van der Waals surface area contributed by atoms with Crippen molar-refractivity contribution in [2.45, 2.75) is 31.9 Å². The molecule has 1 aromatic carbocycles. The second kappa shape index (κ2) is 9.04. The molecule has 0 spiro atoms. The summed E-state index contributed by atoms with van der Waals surface area (Å²) >= 11 is 3.35. The van der Waals surface area contributed by atoms with E-state index in [9.17, 15) is 22.8 Å². The maximum Gasteiger partial charge on any atom is 0.403 e. The molecular weight excluding hydrogens is 451 g/mol. The Hall–Kier alpha value is -1.61. The van der Waals surface area contributed by atoms with Gasteiger partial charge in [0.2, 0.25) is 5.91 Å². The third-order valence-corrected chi connectivity index (χ3v) is 6.28. The van der Waals surface area contributed by atoms with E-state index >= 15 is 0 Å². The molecule has 1 aliphatic heterocycles. The minimum Gasteiger partial charge on any atom is -0.354 e. The number of nitrogens with one attached hydrogen (secondary N) is 2. The molecule has 1 aliphatic carbocycles. The van der Waals surface area contributed by atoms with Crippen molar-refractivity contribution in [2.75, 3.05) is 32.7 Å². The summed E-state index contributed by atoms with van der Waals surface area (Å²) in [6, 6.07) is 7.22. The number of piperidine rings is 1. The molecule has 2 amide bonds. The summed E-state index contributed by atoms with van der Waals surface area (Å²) < 4.78 is 39.6. The molecule has 5 nitrogen and oxygen atoms in total. The zero-order valence-corrected chi connectivity index (χ0v) is 17.6. The molecule has 2 aliphatic rings. The molecule has 2 N–H and O–H groups in total. The Morgan fingerprint density at radius 3 is 2.45 bits per heavy atom. The summed E-state index contributed by atoms with van der Waals surface area (Å²) in [5.74, 6) is -0.623. The third-order valence-electron chi connectivity index (χ3n) is 5.79. The Balaban J connectivity index is 1.33. The number of carbonyl (C=O) groups excluding carboxylic acids is 2. The lowest BCUT2D eigenvalue weighted by Gasteiger charge is -2.32. The second-order valence-electron chi connectivity index (χ2n) is 7.84. The smallest absolute Gasteiger partial charge is 0.354 e. The molecule has 2 fully saturated rings. The van der Waals surface area contributed by atoms with Gasteiger partial charge >= 0.3 is 6.18 Å². The molecule has 0 radical (unpaired) electrons. The van der Waals surface area contributed by atoms with Gasteiger partial charge in [-0.1, -0.05) is 22.0 Å². The second-order valence-corrected chi connectivity index (χ2v) is 8.76. The normalized spacial score (nSPS) is 19.6. The highest BCUT2D eigenvalue weighted by molar-refractivity contribution is 9.10. The monoisotopic (exact) mass is 475 g/mol. The minimum atomic E-state index is -4.46. The van der Waals surface area contributed by atoms with E-state index in [1.807, 2.05) is 12.1 Å². The van der Waals surface area contributed by atoms with Crippen LogP contribution in [0, 0.1) is 11.3 Å². The number of benzene rings is 1. The molecule has 9 heteroatoms. The van der Waals surface area contributed by atoms with E-state index in [2.05, 4.69) is 31.5 Å². The predicted molar refractivity (Wildman–Crippen MR) is 106 cm³/mol. The first-order chi connectivity index (χ1) is 13.7. The number of alkyl halides is 3. The van der Waals surface area contributed by atoms with Crippen LogP contribution < -0.4 is 10.6 Å². The molecule has 0 atom stereocenters. The largest absolute Gasteiger partial charge is 0.403 e. The maximum atomic E-state index is 12.9. The Morgan fingerprint density at radius 2 is 1.86 bits per heavy atom. The summed E-state index contributed by atoms with van der Waals surface area (Å²) in [5.41, 5.74) is -1.54. The summed E-state index contributed by atoms with van der Waals surface area (Å²) in [4.78, 5) is 26.2. The maximum absolute atomic E-state index is 12.9. The van der Waals surface area contributed by atoms with Gasteiger partial charge < -0.3 is 15.5 Å². The Kier molecular flexibility index (Phi) is 6.88. The lowest BCUT2D eigenvalue weighted by atomic mass is 9.96. The van der Waals surface area contributed by atoms with Gasteiger partial charge in [-0.3, -0.25) is 9.59 Å². The summed E-state index contributed by atoms with van der Waals surface area (Å²) in [5, 5.41) is 5.42. The lowest BCUT2D eigenvalue weighted by molar-refractivity contribution is -0.192. The fourth-order valence-corrected chi connectivity index (χ4v) is 4.04. The number of nitrogens with zero attached hydrogens (tertiary/aromatic N) is 1. The molecule has 160 valence electrons. The van der Waals surface area contributed by atoms with Crippen molar-refractivity contribution in [1.82, 2.24) is 15.5 Å². The van der Waals surface area contributed by atoms with Crippen LogP contribution in [0.25, 0.3) is 0 Å².